The van der Waals surface area contributed by atoms with Crippen molar-refractivity contribution in [3.63, 3.8) is 0 Å². The van der Waals surface area contributed by atoms with Crippen molar-refractivity contribution in [3.05, 3.63) is 64.2 Å². The SMILES string of the molecule is Cc1ccccc1C1CCN(S(=O)(=O)c2cccc(Cl)c2C)CCS1. The minimum absolute atomic E-state index is 0.319. The van der Waals surface area contributed by atoms with Gasteiger partial charge in [-0.2, -0.15) is 16.1 Å². The molecule has 1 aliphatic rings. The van der Waals surface area contributed by atoms with Crippen molar-refractivity contribution >= 4 is 33.4 Å². The van der Waals surface area contributed by atoms with Gasteiger partial charge in [-0.3, -0.25) is 0 Å². The van der Waals surface area contributed by atoms with E-state index in [4.69, 9.17) is 11.6 Å². The predicted molar refractivity (Wildman–Crippen MR) is 106 cm³/mol. The zero-order chi connectivity index (χ0) is 18.0. The molecule has 134 valence electrons. The molecular weight excluding hydrogens is 374 g/mol. The van der Waals surface area contributed by atoms with Crippen molar-refractivity contribution < 1.29 is 8.42 Å². The maximum absolute atomic E-state index is 13.1. The van der Waals surface area contributed by atoms with Gasteiger partial charge in [0.25, 0.3) is 0 Å². The van der Waals surface area contributed by atoms with Crippen LogP contribution in [0.2, 0.25) is 5.02 Å². The summed E-state index contributed by atoms with van der Waals surface area (Å²) in [5.41, 5.74) is 3.20. The second kappa shape index (κ2) is 7.70. The summed E-state index contributed by atoms with van der Waals surface area (Å²) in [6.07, 6.45) is 0.814. The molecule has 25 heavy (non-hydrogen) atoms. The quantitative estimate of drug-likeness (QED) is 0.747. The molecule has 0 bridgehead atoms. The Kier molecular flexibility index (Phi) is 5.78. The highest BCUT2D eigenvalue weighted by molar-refractivity contribution is 7.99. The number of benzene rings is 2. The van der Waals surface area contributed by atoms with Gasteiger partial charge in [-0.05, 0) is 49.1 Å². The van der Waals surface area contributed by atoms with Gasteiger partial charge < -0.3 is 0 Å². The molecule has 3 rings (SSSR count). The van der Waals surface area contributed by atoms with Crippen molar-refractivity contribution in [2.24, 2.45) is 0 Å². The number of rotatable bonds is 3. The lowest BCUT2D eigenvalue weighted by molar-refractivity contribution is 0.427. The Morgan fingerprint density at radius 3 is 2.60 bits per heavy atom. The first-order valence-electron chi connectivity index (χ1n) is 8.33. The summed E-state index contributed by atoms with van der Waals surface area (Å²) in [5.74, 6) is 0.790. The highest BCUT2D eigenvalue weighted by Gasteiger charge is 2.30. The maximum Gasteiger partial charge on any atom is 0.243 e. The van der Waals surface area contributed by atoms with E-state index in [1.165, 1.54) is 11.1 Å². The zero-order valence-electron chi connectivity index (χ0n) is 14.4. The van der Waals surface area contributed by atoms with E-state index in [9.17, 15) is 8.42 Å². The van der Waals surface area contributed by atoms with Crippen LogP contribution in [-0.2, 0) is 10.0 Å². The van der Waals surface area contributed by atoms with Crippen LogP contribution < -0.4 is 0 Å². The van der Waals surface area contributed by atoms with E-state index in [1.807, 2.05) is 17.8 Å². The Hall–Kier alpha value is -1.01. The van der Waals surface area contributed by atoms with Crippen LogP contribution in [0.4, 0.5) is 0 Å². The van der Waals surface area contributed by atoms with E-state index >= 15 is 0 Å². The lowest BCUT2D eigenvalue weighted by atomic mass is 10.0. The van der Waals surface area contributed by atoms with Gasteiger partial charge in [-0.25, -0.2) is 8.42 Å². The third-order valence-electron chi connectivity index (χ3n) is 4.67. The predicted octanol–water partition coefficient (Wildman–Crippen LogP) is 4.83. The standard InChI is InChI=1S/C19H22ClNO2S2/c1-14-6-3-4-7-16(14)18-10-11-21(12-13-24-18)25(22,23)19-9-5-8-17(20)15(19)2/h3-9,18H,10-13H2,1-2H3. The summed E-state index contributed by atoms with van der Waals surface area (Å²) in [4.78, 5) is 0.319. The van der Waals surface area contributed by atoms with Crippen LogP contribution in [0.3, 0.4) is 0 Å². The molecule has 3 nitrogen and oxygen atoms in total. The van der Waals surface area contributed by atoms with Crippen LogP contribution in [0.1, 0.15) is 28.4 Å². The highest BCUT2D eigenvalue weighted by Crippen LogP contribution is 2.37. The molecule has 0 spiro atoms. The minimum Gasteiger partial charge on any atom is -0.207 e. The lowest BCUT2D eigenvalue weighted by Gasteiger charge is -2.21. The fraction of sp³-hybridized carbons (Fsp3) is 0.368. The molecule has 2 aromatic rings. The van der Waals surface area contributed by atoms with E-state index in [1.54, 1.807) is 29.4 Å². The Morgan fingerprint density at radius 1 is 1.08 bits per heavy atom. The molecule has 2 aromatic carbocycles. The number of thioether (sulfide) groups is 1. The summed E-state index contributed by atoms with van der Waals surface area (Å²) >= 11 is 7.97. The highest BCUT2D eigenvalue weighted by atomic mass is 35.5. The van der Waals surface area contributed by atoms with E-state index in [0.29, 0.717) is 33.8 Å². The van der Waals surface area contributed by atoms with Crippen LogP contribution >= 0.6 is 23.4 Å². The van der Waals surface area contributed by atoms with Crippen molar-refractivity contribution in [3.8, 4) is 0 Å². The van der Waals surface area contributed by atoms with Gasteiger partial charge in [0, 0.05) is 29.1 Å². The number of hydrogen-bond acceptors (Lipinski definition) is 3. The monoisotopic (exact) mass is 395 g/mol. The Morgan fingerprint density at radius 2 is 1.84 bits per heavy atom. The summed E-state index contributed by atoms with van der Waals surface area (Å²) < 4.78 is 27.8. The lowest BCUT2D eigenvalue weighted by Crippen LogP contribution is -2.33. The van der Waals surface area contributed by atoms with Crippen molar-refractivity contribution in [1.29, 1.82) is 0 Å². The van der Waals surface area contributed by atoms with Crippen LogP contribution in [0.5, 0.6) is 0 Å². The van der Waals surface area contributed by atoms with Gasteiger partial charge in [-0.1, -0.05) is 41.9 Å². The summed E-state index contributed by atoms with van der Waals surface area (Å²) in [7, 11) is -3.52. The summed E-state index contributed by atoms with van der Waals surface area (Å²) in [5, 5.41) is 0.824. The molecule has 0 N–H and O–H groups in total. The molecular formula is C19H22ClNO2S2. The van der Waals surface area contributed by atoms with Gasteiger partial charge >= 0.3 is 0 Å². The number of sulfonamides is 1. The second-order valence-electron chi connectivity index (χ2n) is 6.27. The maximum atomic E-state index is 13.1. The van der Waals surface area contributed by atoms with Crippen LogP contribution in [0, 0.1) is 13.8 Å². The largest absolute Gasteiger partial charge is 0.243 e. The second-order valence-corrected chi connectivity index (χ2v) is 9.90. The average molecular weight is 396 g/mol. The molecule has 1 aliphatic heterocycles. The Labute approximate surface area is 159 Å². The first-order valence-corrected chi connectivity index (χ1v) is 11.2. The molecule has 0 amide bonds. The van der Waals surface area contributed by atoms with Gasteiger partial charge in [0.2, 0.25) is 10.0 Å². The molecule has 1 atom stereocenters. The molecule has 1 saturated heterocycles. The molecule has 0 radical (unpaired) electrons. The summed E-state index contributed by atoms with van der Waals surface area (Å²) in [6, 6.07) is 13.4. The van der Waals surface area contributed by atoms with Gasteiger partial charge in [0.1, 0.15) is 0 Å². The van der Waals surface area contributed by atoms with E-state index in [0.717, 1.165) is 12.2 Å². The smallest absolute Gasteiger partial charge is 0.207 e. The first kappa shape index (κ1) is 18.8. The minimum atomic E-state index is -3.52. The van der Waals surface area contributed by atoms with Crippen molar-refractivity contribution in [2.45, 2.75) is 30.4 Å². The third kappa shape index (κ3) is 3.90. The van der Waals surface area contributed by atoms with Crippen molar-refractivity contribution in [1.82, 2.24) is 4.31 Å². The Balaban J connectivity index is 1.83. The molecule has 0 saturated carbocycles. The number of halogens is 1. The first-order chi connectivity index (χ1) is 11.9. The van der Waals surface area contributed by atoms with E-state index in [2.05, 4.69) is 25.1 Å². The number of aryl methyl sites for hydroxylation is 1. The molecule has 1 unspecified atom stereocenters. The Bertz CT molecular complexity index is 867. The van der Waals surface area contributed by atoms with Crippen LogP contribution in [-0.4, -0.2) is 31.6 Å². The van der Waals surface area contributed by atoms with E-state index < -0.39 is 10.0 Å². The number of nitrogens with zero attached hydrogens (tertiary/aromatic N) is 1. The molecule has 1 fully saturated rings. The van der Waals surface area contributed by atoms with Crippen molar-refractivity contribution in [2.75, 3.05) is 18.8 Å². The van der Waals surface area contributed by atoms with Crippen LogP contribution in [0.15, 0.2) is 47.4 Å². The topological polar surface area (TPSA) is 37.4 Å². The third-order valence-corrected chi connectivity index (χ3v) is 8.43. The van der Waals surface area contributed by atoms with E-state index in [-0.39, 0.29) is 0 Å². The van der Waals surface area contributed by atoms with Crippen LogP contribution in [0.25, 0.3) is 0 Å². The molecule has 1 heterocycles. The average Bonchev–Trinajstić information content (AvgIpc) is 2.84. The van der Waals surface area contributed by atoms with Gasteiger partial charge in [-0.15, -0.1) is 0 Å². The number of hydrogen-bond donors (Lipinski definition) is 0. The zero-order valence-corrected chi connectivity index (χ0v) is 16.8. The fourth-order valence-electron chi connectivity index (χ4n) is 3.19. The van der Waals surface area contributed by atoms with Gasteiger partial charge in [0.05, 0.1) is 4.90 Å². The molecule has 0 aliphatic carbocycles. The molecule has 6 heteroatoms. The fourth-order valence-corrected chi connectivity index (χ4v) is 6.57. The normalized spacial score (nSPS) is 19.6. The van der Waals surface area contributed by atoms with Gasteiger partial charge in [0.15, 0.2) is 0 Å². The summed E-state index contributed by atoms with van der Waals surface area (Å²) in [6.45, 7) is 4.93. The molecule has 0 aromatic heterocycles.